The maximum atomic E-state index is 11.3. The summed E-state index contributed by atoms with van der Waals surface area (Å²) in [5.74, 6) is 1.17. The fourth-order valence-electron chi connectivity index (χ4n) is 3.46. The van der Waals surface area contributed by atoms with Crippen LogP contribution in [0.4, 0.5) is 0 Å². The Balaban J connectivity index is 1.54. The number of fused-ring (bicyclic) bond motifs is 1. The first-order valence-corrected chi connectivity index (χ1v) is 9.91. The lowest BCUT2D eigenvalue weighted by Gasteiger charge is -2.12. The third kappa shape index (κ3) is 4.28. The molecular weight excluding hydrogens is 382 g/mol. The standard InChI is InChI=1S/C24H23NO5/c1-3-28-22(24(26)27)12-16-9-10-21-18(11-16)13-19(30-21)14-20-15(2)29-23(25-20)17-7-5-4-6-8-17/h4-11,13,22H,3,12,14H2,1-2H3,(H,26,27)/t22-/m1/s1. The molecule has 0 unspecified atom stereocenters. The fourth-order valence-corrected chi connectivity index (χ4v) is 3.46. The second-order valence-electron chi connectivity index (χ2n) is 7.14. The van der Waals surface area contributed by atoms with Crippen LogP contribution in [-0.4, -0.2) is 28.8 Å². The highest BCUT2D eigenvalue weighted by atomic mass is 16.5. The Morgan fingerprint density at radius 3 is 2.67 bits per heavy atom. The number of ether oxygens (including phenoxy) is 1. The van der Waals surface area contributed by atoms with Gasteiger partial charge in [0, 0.05) is 24.0 Å². The Morgan fingerprint density at radius 2 is 1.93 bits per heavy atom. The molecule has 30 heavy (non-hydrogen) atoms. The van der Waals surface area contributed by atoms with Crippen LogP contribution in [0.5, 0.6) is 0 Å². The Morgan fingerprint density at radius 1 is 1.13 bits per heavy atom. The van der Waals surface area contributed by atoms with Gasteiger partial charge in [-0.05, 0) is 49.7 Å². The number of furan rings is 1. The van der Waals surface area contributed by atoms with Crippen molar-refractivity contribution in [2.24, 2.45) is 0 Å². The van der Waals surface area contributed by atoms with Crippen LogP contribution in [0.15, 0.2) is 63.4 Å². The van der Waals surface area contributed by atoms with Gasteiger partial charge in [0.2, 0.25) is 5.89 Å². The minimum Gasteiger partial charge on any atom is -0.479 e. The Labute approximate surface area is 174 Å². The minimum absolute atomic E-state index is 0.308. The number of carboxylic acids is 1. The van der Waals surface area contributed by atoms with E-state index in [1.807, 2.05) is 61.5 Å². The Kier molecular flexibility index (Phi) is 5.68. The Hall–Kier alpha value is -3.38. The zero-order valence-electron chi connectivity index (χ0n) is 16.9. The van der Waals surface area contributed by atoms with Crippen LogP contribution in [0.25, 0.3) is 22.4 Å². The average Bonchev–Trinajstić information content (AvgIpc) is 3.31. The summed E-state index contributed by atoms with van der Waals surface area (Å²) in [7, 11) is 0. The zero-order chi connectivity index (χ0) is 21.1. The summed E-state index contributed by atoms with van der Waals surface area (Å²) in [6, 6.07) is 17.4. The molecule has 1 atom stereocenters. The number of aromatic nitrogens is 1. The zero-order valence-corrected chi connectivity index (χ0v) is 16.9. The second kappa shape index (κ2) is 8.55. The maximum absolute atomic E-state index is 11.3. The molecule has 154 valence electrons. The predicted molar refractivity (Wildman–Crippen MR) is 112 cm³/mol. The number of carboxylic acid groups (broad SMARTS) is 1. The van der Waals surface area contributed by atoms with Crippen LogP contribution in [0.1, 0.15) is 29.7 Å². The number of carbonyl (C=O) groups is 1. The lowest BCUT2D eigenvalue weighted by Crippen LogP contribution is -2.26. The van der Waals surface area contributed by atoms with Gasteiger partial charge in [0.15, 0.2) is 6.10 Å². The molecule has 0 fully saturated rings. The van der Waals surface area contributed by atoms with Gasteiger partial charge in [-0.1, -0.05) is 24.3 Å². The van der Waals surface area contributed by atoms with E-state index in [9.17, 15) is 9.90 Å². The highest BCUT2D eigenvalue weighted by Crippen LogP contribution is 2.26. The van der Waals surface area contributed by atoms with Gasteiger partial charge in [-0.3, -0.25) is 0 Å². The van der Waals surface area contributed by atoms with E-state index in [1.54, 1.807) is 6.92 Å². The van der Waals surface area contributed by atoms with E-state index in [-0.39, 0.29) is 0 Å². The van der Waals surface area contributed by atoms with E-state index in [2.05, 4.69) is 4.98 Å². The predicted octanol–water partition coefficient (Wildman–Crippen LogP) is 5.02. The topological polar surface area (TPSA) is 85.7 Å². The Bertz CT molecular complexity index is 1160. The van der Waals surface area contributed by atoms with E-state index in [0.29, 0.717) is 25.3 Å². The van der Waals surface area contributed by atoms with E-state index >= 15 is 0 Å². The third-order valence-corrected chi connectivity index (χ3v) is 4.95. The normalized spacial score (nSPS) is 12.3. The van der Waals surface area contributed by atoms with E-state index in [4.69, 9.17) is 13.6 Å². The molecule has 2 aromatic heterocycles. The van der Waals surface area contributed by atoms with Crippen LogP contribution in [-0.2, 0) is 22.4 Å². The van der Waals surface area contributed by atoms with Gasteiger partial charge in [-0.2, -0.15) is 0 Å². The van der Waals surface area contributed by atoms with Gasteiger partial charge in [-0.25, -0.2) is 9.78 Å². The molecule has 6 heteroatoms. The number of aliphatic carboxylic acids is 1. The first-order valence-electron chi connectivity index (χ1n) is 9.91. The monoisotopic (exact) mass is 405 g/mol. The first-order chi connectivity index (χ1) is 14.5. The van der Waals surface area contributed by atoms with Crippen LogP contribution in [0.2, 0.25) is 0 Å². The lowest BCUT2D eigenvalue weighted by molar-refractivity contribution is -0.149. The highest BCUT2D eigenvalue weighted by Gasteiger charge is 2.19. The van der Waals surface area contributed by atoms with Crippen LogP contribution in [0, 0.1) is 6.92 Å². The van der Waals surface area contributed by atoms with Crippen molar-refractivity contribution >= 4 is 16.9 Å². The van der Waals surface area contributed by atoms with Gasteiger partial charge in [0.25, 0.3) is 0 Å². The molecule has 0 saturated heterocycles. The van der Waals surface area contributed by atoms with E-state index in [1.165, 1.54) is 0 Å². The quantitative estimate of drug-likeness (QED) is 0.443. The molecule has 0 saturated carbocycles. The molecule has 0 aliphatic rings. The van der Waals surface area contributed by atoms with Crippen LogP contribution in [0.3, 0.4) is 0 Å². The fraction of sp³-hybridized carbons (Fsp3) is 0.250. The van der Waals surface area contributed by atoms with Crippen molar-refractivity contribution in [3.63, 3.8) is 0 Å². The number of hydrogen-bond acceptors (Lipinski definition) is 5. The van der Waals surface area contributed by atoms with Crippen LogP contribution < -0.4 is 0 Å². The van der Waals surface area contributed by atoms with E-state index in [0.717, 1.165) is 39.3 Å². The molecule has 0 radical (unpaired) electrons. The molecule has 6 nitrogen and oxygen atoms in total. The minimum atomic E-state index is -0.958. The van der Waals surface area contributed by atoms with Crippen molar-refractivity contribution in [2.45, 2.75) is 32.8 Å². The number of nitrogens with zero attached hydrogens (tertiary/aromatic N) is 1. The second-order valence-corrected chi connectivity index (χ2v) is 7.14. The summed E-state index contributed by atoms with van der Waals surface area (Å²) >= 11 is 0. The lowest BCUT2D eigenvalue weighted by atomic mass is 10.1. The van der Waals surface area contributed by atoms with Crippen molar-refractivity contribution in [1.29, 1.82) is 0 Å². The van der Waals surface area contributed by atoms with Crippen molar-refractivity contribution in [3.8, 4) is 11.5 Å². The van der Waals surface area contributed by atoms with Crippen molar-refractivity contribution in [2.75, 3.05) is 6.61 Å². The molecule has 0 spiro atoms. The summed E-state index contributed by atoms with van der Waals surface area (Å²) in [6.45, 7) is 4.04. The summed E-state index contributed by atoms with van der Waals surface area (Å²) in [5.41, 5.74) is 3.40. The summed E-state index contributed by atoms with van der Waals surface area (Å²) in [6.07, 6.45) is -0.0290. The van der Waals surface area contributed by atoms with Crippen molar-refractivity contribution in [1.82, 2.24) is 4.98 Å². The van der Waals surface area contributed by atoms with Gasteiger partial charge in [0.1, 0.15) is 17.1 Å². The van der Waals surface area contributed by atoms with Crippen molar-refractivity contribution in [3.05, 3.63) is 77.4 Å². The summed E-state index contributed by atoms with van der Waals surface area (Å²) in [5, 5.41) is 10.2. The van der Waals surface area contributed by atoms with Gasteiger partial charge < -0.3 is 18.7 Å². The highest BCUT2D eigenvalue weighted by molar-refractivity contribution is 5.79. The molecule has 2 heterocycles. The summed E-state index contributed by atoms with van der Waals surface area (Å²) in [4.78, 5) is 16.0. The first kappa shape index (κ1) is 19.9. The summed E-state index contributed by atoms with van der Waals surface area (Å²) < 4.78 is 17.1. The molecule has 0 aliphatic heterocycles. The largest absolute Gasteiger partial charge is 0.479 e. The third-order valence-electron chi connectivity index (χ3n) is 4.95. The molecule has 4 rings (SSSR count). The number of aryl methyl sites for hydroxylation is 1. The SMILES string of the molecule is CCO[C@H](Cc1ccc2oc(Cc3nc(-c4ccccc4)oc3C)cc2c1)C(=O)O. The molecule has 0 amide bonds. The number of oxazole rings is 1. The van der Waals surface area contributed by atoms with Gasteiger partial charge >= 0.3 is 5.97 Å². The smallest absolute Gasteiger partial charge is 0.333 e. The van der Waals surface area contributed by atoms with Gasteiger partial charge in [-0.15, -0.1) is 0 Å². The molecule has 0 bridgehead atoms. The number of hydrogen-bond donors (Lipinski definition) is 1. The number of rotatable bonds is 8. The van der Waals surface area contributed by atoms with E-state index < -0.39 is 12.1 Å². The number of benzene rings is 2. The van der Waals surface area contributed by atoms with Gasteiger partial charge in [0.05, 0.1) is 12.1 Å². The van der Waals surface area contributed by atoms with Crippen LogP contribution >= 0.6 is 0 Å². The molecular formula is C24H23NO5. The molecule has 2 aromatic carbocycles. The molecule has 0 aliphatic carbocycles. The molecule has 4 aromatic rings. The molecule has 1 N–H and O–H groups in total. The van der Waals surface area contributed by atoms with Crippen molar-refractivity contribution < 1.29 is 23.5 Å². The maximum Gasteiger partial charge on any atom is 0.333 e. The average molecular weight is 405 g/mol.